The Morgan fingerprint density at radius 2 is 1.77 bits per heavy atom. The van der Waals surface area contributed by atoms with E-state index >= 15 is 0 Å². The van der Waals surface area contributed by atoms with E-state index < -0.39 is 23.1 Å². The zero-order valence-electron chi connectivity index (χ0n) is 19.6. The van der Waals surface area contributed by atoms with E-state index in [0.717, 1.165) is 44.6 Å². The summed E-state index contributed by atoms with van der Waals surface area (Å²) in [6, 6.07) is 14.0. The number of hydrogen-bond acceptors (Lipinski definition) is 4. The van der Waals surface area contributed by atoms with Crippen LogP contribution in [0.3, 0.4) is 0 Å². The summed E-state index contributed by atoms with van der Waals surface area (Å²) >= 11 is 0. The molecule has 35 heavy (non-hydrogen) atoms. The van der Waals surface area contributed by atoms with Gasteiger partial charge >= 0.3 is 6.18 Å². The van der Waals surface area contributed by atoms with E-state index in [1.165, 1.54) is 34.0 Å². The van der Waals surface area contributed by atoms with Crippen LogP contribution in [0.25, 0.3) is 5.69 Å². The number of likely N-dealkylation sites (tertiary alicyclic amines) is 1. The number of benzene rings is 2. The van der Waals surface area contributed by atoms with Crippen LogP contribution >= 0.6 is 0 Å². The van der Waals surface area contributed by atoms with Gasteiger partial charge in [0, 0.05) is 37.4 Å². The number of alkyl halides is 3. The summed E-state index contributed by atoms with van der Waals surface area (Å²) in [5.41, 5.74) is 1.22. The molecule has 2 aromatic carbocycles. The molecular weight excluding hydrogens is 457 g/mol. The number of aromatic nitrogens is 2. The van der Waals surface area contributed by atoms with Gasteiger partial charge < -0.3 is 5.32 Å². The zero-order valence-corrected chi connectivity index (χ0v) is 19.6. The normalized spacial score (nSPS) is 15.2. The van der Waals surface area contributed by atoms with Crippen LogP contribution in [0.1, 0.15) is 45.7 Å². The molecule has 1 aliphatic heterocycles. The number of hydrogen-bond donors (Lipinski definition) is 1. The van der Waals surface area contributed by atoms with E-state index in [0.29, 0.717) is 5.69 Å². The van der Waals surface area contributed by atoms with Crippen molar-refractivity contribution in [2.45, 2.75) is 45.5 Å². The lowest BCUT2D eigenvalue weighted by molar-refractivity contribution is -0.137. The Hall–Kier alpha value is -3.46. The Balaban J connectivity index is 1.45. The van der Waals surface area contributed by atoms with Gasteiger partial charge in [0.2, 0.25) is 5.43 Å². The summed E-state index contributed by atoms with van der Waals surface area (Å²) in [6.07, 6.45) is -3.06. The van der Waals surface area contributed by atoms with E-state index in [2.05, 4.69) is 34.4 Å². The van der Waals surface area contributed by atoms with Crippen LogP contribution in [0.5, 0.6) is 0 Å². The second-order valence-electron chi connectivity index (χ2n) is 8.91. The monoisotopic (exact) mass is 484 g/mol. The molecule has 1 N–H and O–H groups in total. The molecule has 1 saturated heterocycles. The molecule has 2 heterocycles. The Morgan fingerprint density at radius 3 is 2.46 bits per heavy atom. The molecule has 9 heteroatoms. The van der Waals surface area contributed by atoms with Gasteiger partial charge in [0.15, 0.2) is 5.69 Å². The summed E-state index contributed by atoms with van der Waals surface area (Å²) in [4.78, 5) is 27.7. The summed E-state index contributed by atoms with van der Waals surface area (Å²) in [6.45, 7) is 6.09. The molecule has 1 amide bonds. The minimum atomic E-state index is -4.52. The van der Waals surface area contributed by atoms with Gasteiger partial charge in [-0.15, -0.1) is 0 Å². The highest BCUT2D eigenvalue weighted by molar-refractivity contribution is 5.92. The van der Waals surface area contributed by atoms with Crippen LogP contribution in [0.2, 0.25) is 0 Å². The maximum absolute atomic E-state index is 13.1. The van der Waals surface area contributed by atoms with E-state index in [1.54, 1.807) is 6.92 Å². The predicted octanol–water partition coefficient (Wildman–Crippen LogP) is 4.26. The van der Waals surface area contributed by atoms with Crippen molar-refractivity contribution in [3.05, 3.63) is 92.9 Å². The lowest BCUT2D eigenvalue weighted by atomic mass is 10.0. The molecule has 3 aromatic rings. The lowest BCUT2D eigenvalue weighted by Crippen LogP contribution is -2.45. The number of nitrogens with one attached hydrogen (secondary N) is 1. The summed E-state index contributed by atoms with van der Waals surface area (Å²) in [5.74, 6) is -0.618. The zero-order chi connectivity index (χ0) is 25.2. The third-order valence-corrected chi connectivity index (χ3v) is 6.32. The fourth-order valence-corrected chi connectivity index (χ4v) is 4.30. The molecule has 0 radical (unpaired) electrons. The maximum atomic E-state index is 13.1. The second kappa shape index (κ2) is 10.0. The third-order valence-electron chi connectivity index (χ3n) is 6.32. The average Bonchev–Trinajstić information content (AvgIpc) is 2.81. The first-order chi connectivity index (χ1) is 16.6. The highest BCUT2D eigenvalue weighted by Crippen LogP contribution is 2.30. The second-order valence-corrected chi connectivity index (χ2v) is 8.91. The van der Waals surface area contributed by atoms with Crippen molar-refractivity contribution in [3.8, 4) is 5.69 Å². The number of nitrogens with zero attached hydrogens (tertiary/aromatic N) is 3. The number of amides is 1. The smallest absolute Gasteiger partial charge is 0.348 e. The average molecular weight is 485 g/mol. The maximum Gasteiger partial charge on any atom is 0.416 e. The SMILES string of the molecule is Cc1ccccc1CN1CCC(NC(=O)c2nn(-c3cccc(C(F)(F)F)c3)c(C)cc2=O)CC1. The third kappa shape index (κ3) is 5.79. The Labute approximate surface area is 201 Å². The van der Waals surface area contributed by atoms with E-state index in [1.807, 2.05) is 12.1 Å². The van der Waals surface area contributed by atoms with Crippen LogP contribution in [-0.2, 0) is 12.7 Å². The Morgan fingerprint density at radius 1 is 1.06 bits per heavy atom. The Kier molecular flexibility index (Phi) is 7.07. The largest absolute Gasteiger partial charge is 0.416 e. The van der Waals surface area contributed by atoms with Gasteiger partial charge in [0.25, 0.3) is 5.91 Å². The highest BCUT2D eigenvalue weighted by atomic mass is 19.4. The van der Waals surface area contributed by atoms with Gasteiger partial charge in [-0.05, 0) is 56.0 Å². The number of aryl methyl sites for hydroxylation is 2. The van der Waals surface area contributed by atoms with Crippen LogP contribution in [0.15, 0.2) is 59.4 Å². The summed E-state index contributed by atoms with van der Waals surface area (Å²) in [7, 11) is 0. The molecule has 4 rings (SSSR count). The molecule has 1 aliphatic rings. The molecule has 0 unspecified atom stereocenters. The molecular formula is C26H27F3N4O2. The molecule has 0 atom stereocenters. The van der Waals surface area contributed by atoms with Crippen molar-refractivity contribution in [3.63, 3.8) is 0 Å². The highest BCUT2D eigenvalue weighted by Gasteiger charge is 2.31. The topological polar surface area (TPSA) is 67.2 Å². The first-order valence-corrected chi connectivity index (χ1v) is 11.5. The molecule has 6 nitrogen and oxygen atoms in total. The molecule has 1 aromatic heterocycles. The van der Waals surface area contributed by atoms with Crippen LogP contribution in [0.4, 0.5) is 13.2 Å². The number of rotatable bonds is 5. The van der Waals surface area contributed by atoms with Crippen LogP contribution < -0.4 is 10.7 Å². The molecule has 0 saturated carbocycles. The van der Waals surface area contributed by atoms with Gasteiger partial charge in [0.05, 0.1) is 11.3 Å². The van der Waals surface area contributed by atoms with Crippen molar-refractivity contribution in [2.75, 3.05) is 13.1 Å². The molecule has 0 aliphatic carbocycles. The van der Waals surface area contributed by atoms with Gasteiger partial charge in [-0.3, -0.25) is 14.5 Å². The fraction of sp³-hybridized carbons (Fsp3) is 0.346. The summed E-state index contributed by atoms with van der Waals surface area (Å²) in [5, 5.41) is 7.01. The quantitative estimate of drug-likeness (QED) is 0.588. The van der Waals surface area contributed by atoms with Crippen LogP contribution in [0, 0.1) is 13.8 Å². The van der Waals surface area contributed by atoms with Gasteiger partial charge in [-0.1, -0.05) is 30.3 Å². The lowest BCUT2D eigenvalue weighted by Gasteiger charge is -2.32. The van der Waals surface area contributed by atoms with E-state index in [-0.39, 0.29) is 17.4 Å². The molecule has 1 fully saturated rings. The van der Waals surface area contributed by atoms with Crippen molar-refractivity contribution in [1.82, 2.24) is 20.0 Å². The van der Waals surface area contributed by atoms with Crippen molar-refractivity contribution >= 4 is 5.91 Å². The van der Waals surface area contributed by atoms with E-state index in [4.69, 9.17) is 0 Å². The predicted molar refractivity (Wildman–Crippen MR) is 127 cm³/mol. The van der Waals surface area contributed by atoms with Crippen molar-refractivity contribution in [2.24, 2.45) is 0 Å². The summed E-state index contributed by atoms with van der Waals surface area (Å²) < 4.78 is 40.6. The van der Waals surface area contributed by atoms with Gasteiger partial charge in [-0.2, -0.15) is 18.3 Å². The fourth-order valence-electron chi connectivity index (χ4n) is 4.30. The van der Waals surface area contributed by atoms with Gasteiger partial charge in [0.1, 0.15) is 0 Å². The first-order valence-electron chi connectivity index (χ1n) is 11.5. The number of piperidine rings is 1. The van der Waals surface area contributed by atoms with E-state index in [9.17, 15) is 22.8 Å². The van der Waals surface area contributed by atoms with Crippen LogP contribution in [-0.4, -0.2) is 39.7 Å². The number of carbonyl (C=O) groups excluding carboxylic acids is 1. The number of carbonyl (C=O) groups is 1. The first kappa shape index (κ1) is 24.7. The van der Waals surface area contributed by atoms with Crippen molar-refractivity contribution in [1.29, 1.82) is 0 Å². The molecule has 184 valence electrons. The van der Waals surface area contributed by atoms with Crippen molar-refractivity contribution < 1.29 is 18.0 Å². The minimum absolute atomic E-state index is 0.111. The molecule has 0 spiro atoms. The standard InChI is InChI=1S/C26H27F3N4O2/c1-17-6-3-4-7-19(17)16-32-12-10-21(11-13-32)30-25(35)24-23(34)14-18(2)33(31-24)22-9-5-8-20(15-22)26(27,28)29/h3-9,14-15,21H,10-13,16H2,1-2H3,(H,30,35). The Bertz CT molecular complexity index is 1280. The molecule has 0 bridgehead atoms. The minimum Gasteiger partial charge on any atom is -0.348 e. The number of halogens is 3. The van der Waals surface area contributed by atoms with Gasteiger partial charge in [-0.25, -0.2) is 4.68 Å².